The van der Waals surface area contributed by atoms with Crippen LogP contribution in [0, 0.1) is 11.8 Å². The fraction of sp³-hybridized carbons (Fsp3) is 0.846. The van der Waals surface area contributed by atoms with E-state index in [9.17, 15) is 9.59 Å². The third-order valence-electron chi connectivity index (χ3n) is 3.16. The zero-order valence-corrected chi connectivity index (χ0v) is 11.6. The number of piperidine rings is 1. The molecule has 1 rings (SSSR count). The first kappa shape index (κ1) is 15.9. The van der Waals surface area contributed by atoms with Crippen molar-refractivity contribution in [2.45, 2.75) is 20.3 Å². The molecule has 2 atom stereocenters. The number of carboxylic acids is 1. The van der Waals surface area contributed by atoms with Gasteiger partial charge in [0.05, 0.1) is 19.1 Å². The number of carbonyl (C=O) groups is 2. The topological polar surface area (TPSA) is 76.1 Å². The number of carboxylic acid groups (broad SMARTS) is 1. The van der Waals surface area contributed by atoms with E-state index in [1.165, 1.54) is 0 Å². The van der Waals surface area contributed by atoms with Crippen LogP contribution in [0.2, 0.25) is 0 Å². The molecule has 1 fully saturated rings. The number of likely N-dealkylation sites (tertiary alicyclic amines) is 1. The minimum absolute atomic E-state index is 0.00780. The Morgan fingerprint density at radius 2 is 1.95 bits per heavy atom. The van der Waals surface area contributed by atoms with E-state index in [0.29, 0.717) is 32.8 Å². The van der Waals surface area contributed by atoms with Crippen molar-refractivity contribution in [1.82, 2.24) is 4.90 Å². The van der Waals surface area contributed by atoms with Gasteiger partial charge in [0.25, 0.3) is 0 Å². The van der Waals surface area contributed by atoms with Gasteiger partial charge in [0, 0.05) is 19.7 Å². The molecule has 0 aromatic carbocycles. The molecule has 1 heterocycles. The van der Waals surface area contributed by atoms with Crippen LogP contribution in [0.25, 0.3) is 0 Å². The van der Waals surface area contributed by atoms with Crippen LogP contribution in [0.15, 0.2) is 0 Å². The van der Waals surface area contributed by atoms with E-state index in [2.05, 4.69) is 0 Å². The lowest BCUT2D eigenvalue weighted by Gasteiger charge is -2.34. The van der Waals surface area contributed by atoms with Gasteiger partial charge in [-0.1, -0.05) is 6.92 Å². The molecule has 1 N–H and O–H groups in total. The van der Waals surface area contributed by atoms with Gasteiger partial charge in [-0.3, -0.25) is 9.59 Å². The first-order valence-corrected chi connectivity index (χ1v) is 6.70. The zero-order valence-electron chi connectivity index (χ0n) is 11.6. The number of ether oxygens (including phenoxy) is 2. The summed E-state index contributed by atoms with van der Waals surface area (Å²) in [4.78, 5) is 24.5. The normalized spacial score (nSPS) is 23.4. The Labute approximate surface area is 113 Å². The van der Waals surface area contributed by atoms with E-state index in [0.717, 1.165) is 0 Å². The van der Waals surface area contributed by atoms with Gasteiger partial charge in [0.1, 0.15) is 6.61 Å². The van der Waals surface area contributed by atoms with Gasteiger partial charge in [-0.15, -0.1) is 0 Å². The highest BCUT2D eigenvalue weighted by atomic mass is 16.5. The van der Waals surface area contributed by atoms with E-state index in [1.807, 2.05) is 13.8 Å². The van der Waals surface area contributed by atoms with Gasteiger partial charge in [-0.05, 0) is 19.3 Å². The summed E-state index contributed by atoms with van der Waals surface area (Å²) in [6, 6.07) is 0. The summed E-state index contributed by atoms with van der Waals surface area (Å²) in [7, 11) is 0. The summed E-state index contributed by atoms with van der Waals surface area (Å²) in [5.41, 5.74) is 0. The van der Waals surface area contributed by atoms with Gasteiger partial charge in [-0.2, -0.15) is 0 Å². The second-order valence-corrected chi connectivity index (χ2v) is 4.92. The maximum absolute atomic E-state index is 11.9. The molecule has 0 saturated carbocycles. The Morgan fingerprint density at radius 1 is 1.26 bits per heavy atom. The number of rotatable bonds is 7. The number of hydrogen-bond acceptors (Lipinski definition) is 4. The average molecular weight is 273 g/mol. The lowest BCUT2D eigenvalue weighted by atomic mass is 9.90. The fourth-order valence-electron chi connectivity index (χ4n) is 2.25. The van der Waals surface area contributed by atoms with Crippen LogP contribution in [-0.4, -0.2) is 61.4 Å². The summed E-state index contributed by atoms with van der Waals surface area (Å²) in [6.07, 6.45) is 0.629. The third kappa shape index (κ3) is 5.57. The van der Waals surface area contributed by atoms with Gasteiger partial charge in [0.15, 0.2) is 0 Å². The second kappa shape index (κ2) is 8.12. The van der Waals surface area contributed by atoms with Gasteiger partial charge in [-0.25, -0.2) is 0 Å². The molecule has 2 unspecified atom stereocenters. The van der Waals surface area contributed by atoms with E-state index < -0.39 is 11.9 Å². The smallest absolute Gasteiger partial charge is 0.308 e. The highest BCUT2D eigenvalue weighted by Gasteiger charge is 2.31. The first-order chi connectivity index (χ1) is 9.04. The maximum Gasteiger partial charge on any atom is 0.308 e. The molecule has 1 aliphatic rings. The van der Waals surface area contributed by atoms with Crippen molar-refractivity contribution in [1.29, 1.82) is 0 Å². The van der Waals surface area contributed by atoms with Gasteiger partial charge < -0.3 is 19.5 Å². The standard InChI is InChI=1S/C13H23NO5/c1-3-18-4-5-19-9-12(15)14-7-10(2)6-11(8-14)13(16)17/h10-11H,3-9H2,1-2H3,(H,16,17). The molecule has 0 aromatic rings. The first-order valence-electron chi connectivity index (χ1n) is 6.70. The molecular formula is C13H23NO5. The van der Waals surface area contributed by atoms with Crippen molar-refractivity contribution < 1.29 is 24.2 Å². The molecule has 0 spiro atoms. The number of nitrogens with zero attached hydrogens (tertiary/aromatic N) is 1. The van der Waals surface area contributed by atoms with Crippen LogP contribution in [0.3, 0.4) is 0 Å². The summed E-state index contributed by atoms with van der Waals surface area (Å²) in [5.74, 6) is -1.23. The molecule has 0 radical (unpaired) electrons. The van der Waals surface area contributed by atoms with Crippen LogP contribution < -0.4 is 0 Å². The number of aliphatic carboxylic acids is 1. The molecule has 0 aliphatic carbocycles. The molecule has 0 bridgehead atoms. The van der Waals surface area contributed by atoms with E-state index in [4.69, 9.17) is 14.6 Å². The van der Waals surface area contributed by atoms with Crippen LogP contribution in [-0.2, 0) is 19.1 Å². The molecule has 1 saturated heterocycles. The SMILES string of the molecule is CCOCCOCC(=O)N1CC(C)CC(C(=O)O)C1. The van der Waals surface area contributed by atoms with E-state index >= 15 is 0 Å². The monoisotopic (exact) mass is 273 g/mol. The lowest BCUT2D eigenvalue weighted by Crippen LogP contribution is -2.46. The number of carbonyl (C=O) groups excluding carboxylic acids is 1. The molecule has 0 aromatic heterocycles. The highest BCUT2D eigenvalue weighted by molar-refractivity contribution is 5.79. The van der Waals surface area contributed by atoms with E-state index in [-0.39, 0.29) is 25.0 Å². The summed E-state index contributed by atoms with van der Waals surface area (Å²) >= 11 is 0. The molecule has 1 amide bonds. The largest absolute Gasteiger partial charge is 0.481 e. The number of hydrogen-bond donors (Lipinski definition) is 1. The third-order valence-corrected chi connectivity index (χ3v) is 3.16. The molecule has 1 aliphatic heterocycles. The molecule has 19 heavy (non-hydrogen) atoms. The van der Waals surface area contributed by atoms with Crippen LogP contribution in [0.1, 0.15) is 20.3 Å². The predicted octanol–water partition coefficient (Wildman–Crippen LogP) is 0.609. The number of amides is 1. The maximum atomic E-state index is 11.9. The molecule has 6 heteroatoms. The predicted molar refractivity (Wildman–Crippen MR) is 68.8 cm³/mol. The van der Waals surface area contributed by atoms with Crippen molar-refractivity contribution in [2.24, 2.45) is 11.8 Å². The van der Waals surface area contributed by atoms with Crippen molar-refractivity contribution in [3.05, 3.63) is 0 Å². The average Bonchev–Trinajstić information content (AvgIpc) is 2.37. The second-order valence-electron chi connectivity index (χ2n) is 4.92. The van der Waals surface area contributed by atoms with Gasteiger partial charge >= 0.3 is 5.97 Å². The lowest BCUT2D eigenvalue weighted by molar-refractivity contribution is -0.148. The Kier molecular flexibility index (Phi) is 6.80. The Balaban J connectivity index is 2.32. The van der Waals surface area contributed by atoms with Gasteiger partial charge in [0.2, 0.25) is 5.91 Å². The van der Waals surface area contributed by atoms with Crippen molar-refractivity contribution >= 4 is 11.9 Å². The Bertz CT molecular complexity index is 307. The highest BCUT2D eigenvalue weighted by Crippen LogP contribution is 2.21. The van der Waals surface area contributed by atoms with Crippen LogP contribution in [0.4, 0.5) is 0 Å². The van der Waals surface area contributed by atoms with Crippen molar-refractivity contribution in [3.63, 3.8) is 0 Å². The fourth-order valence-corrected chi connectivity index (χ4v) is 2.25. The minimum Gasteiger partial charge on any atom is -0.481 e. The molecular weight excluding hydrogens is 250 g/mol. The van der Waals surface area contributed by atoms with Crippen LogP contribution in [0.5, 0.6) is 0 Å². The Morgan fingerprint density at radius 3 is 2.58 bits per heavy atom. The van der Waals surface area contributed by atoms with Crippen LogP contribution >= 0.6 is 0 Å². The molecule has 110 valence electrons. The molecule has 6 nitrogen and oxygen atoms in total. The van der Waals surface area contributed by atoms with Crippen molar-refractivity contribution in [2.75, 3.05) is 39.5 Å². The quantitative estimate of drug-likeness (QED) is 0.688. The summed E-state index contributed by atoms with van der Waals surface area (Å²) in [6.45, 7) is 6.22. The Hall–Kier alpha value is -1.14. The summed E-state index contributed by atoms with van der Waals surface area (Å²) in [5, 5.41) is 9.04. The minimum atomic E-state index is -0.832. The van der Waals surface area contributed by atoms with Crippen molar-refractivity contribution in [3.8, 4) is 0 Å². The summed E-state index contributed by atoms with van der Waals surface area (Å²) < 4.78 is 10.3. The zero-order chi connectivity index (χ0) is 14.3. The van der Waals surface area contributed by atoms with E-state index in [1.54, 1.807) is 4.90 Å².